The van der Waals surface area contributed by atoms with Crippen LogP contribution in [-0.2, 0) is 4.79 Å². The van der Waals surface area contributed by atoms with Crippen LogP contribution in [0, 0.1) is 0 Å². The first kappa shape index (κ1) is 15.9. The Labute approximate surface area is 141 Å². The number of anilines is 2. The molecule has 0 fully saturated rings. The molecular formula is C20H20N2O2. The van der Waals surface area contributed by atoms with Crippen molar-refractivity contribution >= 4 is 28.1 Å². The van der Waals surface area contributed by atoms with E-state index in [1.54, 1.807) is 0 Å². The van der Waals surface area contributed by atoms with Gasteiger partial charge < -0.3 is 15.0 Å². The second kappa shape index (κ2) is 7.04. The largest absolute Gasteiger partial charge is 0.483 e. The minimum absolute atomic E-state index is 0.0244. The van der Waals surface area contributed by atoms with E-state index in [-0.39, 0.29) is 12.5 Å². The number of rotatable bonds is 5. The molecule has 3 rings (SSSR count). The fourth-order valence-electron chi connectivity index (χ4n) is 2.50. The average molecular weight is 320 g/mol. The van der Waals surface area contributed by atoms with Gasteiger partial charge in [-0.3, -0.25) is 4.79 Å². The van der Waals surface area contributed by atoms with Crippen LogP contribution in [0.4, 0.5) is 11.4 Å². The third-order valence-corrected chi connectivity index (χ3v) is 3.78. The van der Waals surface area contributed by atoms with Crippen molar-refractivity contribution in [2.24, 2.45) is 0 Å². The summed E-state index contributed by atoms with van der Waals surface area (Å²) in [6, 6.07) is 21.5. The Kier molecular flexibility index (Phi) is 4.66. The van der Waals surface area contributed by atoms with Crippen LogP contribution in [0.15, 0.2) is 66.7 Å². The predicted molar refractivity (Wildman–Crippen MR) is 98.8 cm³/mol. The third kappa shape index (κ3) is 3.66. The molecule has 3 aromatic rings. The maximum Gasteiger partial charge on any atom is 0.262 e. The Morgan fingerprint density at radius 2 is 1.67 bits per heavy atom. The second-order valence-electron chi connectivity index (χ2n) is 5.76. The molecule has 1 amide bonds. The molecule has 0 aromatic heterocycles. The molecule has 0 heterocycles. The summed E-state index contributed by atoms with van der Waals surface area (Å²) in [4.78, 5) is 14.1. The first-order valence-electron chi connectivity index (χ1n) is 7.81. The van der Waals surface area contributed by atoms with E-state index in [4.69, 9.17) is 4.74 Å². The lowest BCUT2D eigenvalue weighted by Crippen LogP contribution is -2.20. The Morgan fingerprint density at radius 1 is 0.958 bits per heavy atom. The van der Waals surface area contributed by atoms with Gasteiger partial charge in [-0.1, -0.05) is 36.4 Å². The number of ether oxygens (including phenoxy) is 1. The van der Waals surface area contributed by atoms with Gasteiger partial charge in [-0.15, -0.1) is 0 Å². The van der Waals surface area contributed by atoms with Crippen LogP contribution in [0.1, 0.15) is 0 Å². The summed E-state index contributed by atoms with van der Waals surface area (Å²) in [6.45, 7) is -0.0244. The van der Waals surface area contributed by atoms with Gasteiger partial charge >= 0.3 is 0 Å². The number of hydrogen-bond donors (Lipinski definition) is 1. The molecule has 4 nitrogen and oxygen atoms in total. The molecule has 0 radical (unpaired) electrons. The molecule has 1 N–H and O–H groups in total. The molecule has 4 heteroatoms. The zero-order valence-corrected chi connectivity index (χ0v) is 13.8. The molecular weight excluding hydrogens is 300 g/mol. The fraction of sp³-hybridized carbons (Fsp3) is 0.150. The van der Waals surface area contributed by atoms with Gasteiger partial charge in [0.2, 0.25) is 0 Å². The maximum absolute atomic E-state index is 12.1. The van der Waals surface area contributed by atoms with Crippen molar-refractivity contribution in [2.45, 2.75) is 0 Å². The van der Waals surface area contributed by atoms with Crippen LogP contribution in [0.25, 0.3) is 10.8 Å². The molecule has 122 valence electrons. The quantitative estimate of drug-likeness (QED) is 0.774. The van der Waals surface area contributed by atoms with E-state index >= 15 is 0 Å². The van der Waals surface area contributed by atoms with E-state index in [1.165, 1.54) is 0 Å². The molecule has 0 saturated carbocycles. The summed E-state index contributed by atoms with van der Waals surface area (Å²) >= 11 is 0. The highest BCUT2D eigenvalue weighted by molar-refractivity contribution is 5.93. The summed E-state index contributed by atoms with van der Waals surface area (Å²) in [5, 5.41) is 4.94. The van der Waals surface area contributed by atoms with Crippen LogP contribution < -0.4 is 15.0 Å². The van der Waals surface area contributed by atoms with Crippen molar-refractivity contribution in [1.82, 2.24) is 0 Å². The first-order valence-corrected chi connectivity index (χ1v) is 7.81. The van der Waals surface area contributed by atoms with E-state index in [2.05, 4.69) is 5.32 Å². The van der Waals surface area contributed by atoms with Crippen molar-refractivity contribution in [1.29, 1.82) is 0 Å². The van der Waals surface area contributed by atoms with Crippen molar-refractivity contribution < 1.29 is 9.53 Å². The Hall–Kier alpha value is -3.01. The van der Waals surface area contributed by atoms with Gasteiger partial charge in [0.25, 0.3) is 5.91 Å². The van der Waals surface area contributed by atoms with Crippen LogP contribution in [0.5, 0.6) is 5.75 Å². The van der Waals surface area contributed by atoms with Gasteiger partial charge in [0.15, 0.2) is 6.61 Å². The van der Waals surface area contributed by atoms with Gasteiger partial charge in [0, 0.05) is 30.9 Å². The number of nitrogens with one attached hydrogen (secondary N) is 1. The van der Waals surface area contributed by atoms with Crippen molar-refractivity contribution in [3.8, 4) is 5.75 Å². The lowest BCUT2D eigenvalue weighted by atomic mass is 10.1. The molecule has 0 saturated heterocycles. The normalized spacial score (nSPS) is 10.4. The first-order chi connectivity index (χ1) is 11.6. The molecule has 0 atom stereocenters. The van der Waals surface area contributed by atoms with Gasteiger partial charge in [-0.05, 0) is 35.7 Å². The standard InChI is InChI=1S/C20H20N2O2/c1-22(2)17-12-10-16(11-13-17)21-20(23)14-24-19-9-5-7-15-6-3-4-8-18(15)19/h3-13H,14H2,1-2H3,(H,21,23). The number of amides is 1. The van der Waals surface area contributed by atoms with E-state index in [9.17, 15) is 4.79 Å². The average Bonchev–Trinajstić information content (AvgIpc) is 2.60. The zero-order valence-electron chi connectivity index (χ0n) is 13.8. The van der Waals surface area contributed by atoms with E-state index in [0.29, 0.717) is 5.75 Å². The summed E-state index contributed by atoms with van der Waals surface area (Å²) in [7, 11) is 3.96. The monoisotopic (exact) mass is 320 g/mol. The predicted octanol–water partition coefficient (Wildman–Crippen LogP) is 3.92. The highest BCUT2D eigenvalue weighted by Crippen LogP contribution is 2.25. The molecule has 0 unspecified atom stereocenters. The summed E-state index contributed by atoms with van der Waals surface area (Å²) in [5.74, 6) is 0.534. The Balaban J connectivity index is 1.63. The van der Waals surface area contributed by atoms with E-state index < -0.39 is 0 Å². The molecule has 0 aliphatic carbocycles. The highest BCUT2D eigenvalue weighted by atomic mass is 16.5. The van der Waals surface area contributed by atoms with Crippen molar-refractivity contribution in [3.05, 3.63) is 66.7 Å². The van der Waals surface area contributed by atoms with E-state index in [0.717, 1.165) is 22.1 Å². The van der Waals surface area contributed by atoms with Gasteiger partial charge in [-0.2, -0.15) is 0 Å². The SMILES string of the molecule is CN(C)c1ccc(NC(=O)COc2cccc3ccccc23)cc1. The Morgan fingerprint density at radius 3 is 2.42 bits per heavy atom. The topological polar surface area (TPSA) is 41.6 Å². The molecule has 24 heavy (non-hydrogen) atoms. The molecule has 0 aliphatic rings. The smallest absolute Gasteiger partial charge is 0.262 e. The number of benzene rings is 3. The number of hydrogen-bond acceptors (Lipinski definition) is 3. The van der Waals surface area contributed by atoms with Crippen LogP contribution in [0.3, 0.4) is 0 Å². The highest BCUT2D eigenvalue weighted by Gasteiger charge is 2.06. The maximum atomic E-state index is 12.1. The summed E-state index contributed by atoms with van der Waals surface area (Å²) in [6.07, 6.45) is 0. The molecule has 0 bridgehead atoms. The van der Waals surface area contributed by atoms with Crippen molar-refractivity contribution in [3.63, 3.8) is 0 Å². The molecule has 3 aromatic carbocycles. The van der Waals surface area contributed by atoms with Crippen LogP contribution in [-0.4, -0.2) is 26.6 Å². The number of nitrogens with zero attached hydrogens (tertiary/aromatic N) is 1. The van der Waals surface area contributed by atoms with E-state index in [1.807, 2.05) is 85.7 Å². The van der Waals surface area contributed by atoms with Gasteiger partial charge in [0.1, 0.15) is 5.75 Å². The van der Waals surface area contributed by atoms with Crippen molar-refractivity contribution in [2.75, 3.05) is 30.9 Å². The molecule has 0 spiro atoms. The minimum atomic E-state index is -0.180. The van der Waals surface area contributed by atoms with Gasteiger partial charge in [-0.25, -0.2) is 0 Å². The summed E-state index contributed by atoms with van der Waals surface area (Å²) in [5.41, 5.74) is 1.84. The van der Waals surface area contributed by atoms with Gasteiger partial charge in [0.05, 0.1) is 0 Å². The van der Waals surface area contributed by atoms with Crippen LogP contribution in [0.2, 0.25) is 0 Å². The van der Waals surface area contributed by atoms with Crippen LogP contribution >= 0.6 is 0 Å². The second-order valence-corrected chi connectivity index (χ2v) is 5.76. The lowest BCUT2D eigenvalue weighted by Gasteiger charge is -2.13. The fourth-order valence-corrected chi connectivity index (χ4v) is 2.50. The third-order valence-electron chi connectivity index (χ3n) is 3.78. The zero-order chi connectivity index (χ0) is 16.9. The molecule has 0 aliphatic heterocycles. The number of carbonyl (C=O) groups is 1. The number of fused-ring (bicyclic) bond motifs is 1. The Bertz CT molecular complexity index is 836. The number of carbonyl (C=O) groups excluding carboxylic acids is 1. The lowest BCUT2D eigenvalue weighted by molar-refractivity contribution is -0.118. The summed E-state index contributed by atoms with van der Waals surface area (Å²) < 4.78 is 5.69. The minimum Gasteiger partial charge on any atom is -0.483 e.